The van der Waals surface area contributed by atoms with Crippen molar-refractivity contribution in [1.82, 2.24) is 0 Å². The Morgan fingerprint density at radius 1 is 1.36 bits per heavy atom. The van der Waals surface area contributed by atoms with Crippen LogP contribution >= 0.6 is 11.6 Å². The zero-order valence-corrected chi connectivity index (χ0v) is 8.80. The first-order chi connectivity index (χ1) is 6.47. The summed E-state index contributed by atoms with van der Waals surface area (Å²) in [6, 6.07) is 6.79. The van der Waals surface area contributed by atoms with Crippen LogP contribution in [0.5, 0.6) is 0 Å². The van der Waals surface area contributed by atoms with Crippen LogP contribution in [0.2, 0.25) is 0 Å². The molecule has 0 bridgehead atoms. The van der Waals surface area contributed by atoms with Gasteiger partial charge < -0.3 is 4.85 Å². The van der Waals surface area contributed by atoms with Gasteiger partial charge in [0.05, 0.1) is 0 Å². The molecular formula is C11H10ClNO. The van der Waals surface area contributed by atoms with Crippen molar-refractivity contribution in [1.29, 1.82) is 0 Å². The molecule has 0 aliphatic heterocycles. The van der Waals surface area contributed by atoms with Crippen LogP contribution in [-0.2, 0) is 5.54 Å². The average Bonchev–Trinajstić information content (AvgIpc) is 2.18. The summed E-state index contributed by atoms with van der Waals surface area (Å²) < 4.78 is 0. The quantitative estimate of drug-likeness (QED) is 0.539. The molecule has 0 amide bonds. The maximum absolute atomic E-state index is 10.8. The Hall–Kier alpha value is -1.33. The Morgan fingerprint density at radius 2 is 1.86 bits per heavy atom. The van der Waals surface area contributed by atoms with Gasteiger partial charge in [-0.25, -0.2) is 6.57 Å². The number of hydrogen-bond donors (Lipinski definition) is 0. The van der Waals surface area contributed by atoms with E-state index < -0.39 is 10.8 Å². The lowest BCUT2D eigenvalue weighted by Crippen LogP contribution is -2.10. The van der Waals surface area contributed by atoms with Crippen LogP contribution in [0, 0.1) is 6.57 Å². The fourth-order valence-electron chi connectivity index (χ4n) is 1.07. The first-order valence-corrected chi connectivity index (χ1v) is 4.54. The number of hydrogen-bond acceptors (Lipinski definition) is 1. The number of rotatable bonds is 2. The zero-order chi connectivity index (χ0) is 10.8. The highest BCUT2D eigenvalue weighted by Crippen LogP contribution is 2.24. The van der Waals surface area contributed by atoms with E-state index in [2.05, 4.69) is 4.85 Å². The van der Waals surface area contributed by atoms with Crippen molar-refractivity contribution < 1.29 is 4.79 Å². The van der Waals surface area contributed by atoms with E-state index in [1.54, 1.807) is 24.3 Å². The van der Waals surface area contributed by atoms with Crippen LogP contribution in [0.25, 0.3) is 4.85 Å². The molecule has 0 spiro atoms. The summed E-state index contributed by atoms with van der Waals surface area (Å²) in [4.78, 5) is 14.3. The fraction of sp³-hybridized carbons (Fsp3) is 0.273. The number of carbonyl (C=O) groups is 1. The van der Waals surface area contributed by atoms with Gasteiger partial charge in [-0.05, 0) is 23.7 Å². The predicted molar refractivity (Wildman–Crippen MR) is 56.3 cm³/mol. The smallest absolute Gasteiger partial charge is 0.252 e. The molecule has 0 heterocycles. The number of nitrogens with zero attached hydrogens (tertiary/aromatic N) is 1. The molecule has 0 atom stereocenters. The molecular weight excluding hydrogens is 198 g/mol. The van der Waals surface area contributed by atoms with E-state index in [4.69, 9.17) is 18.2 Å². The third-order valence-electron chi connectivity index (χ3n) is 2.10. The molecule has 3 heteroatoms. The first kappa shape index (κ1) is 10.7. The molecule has 1 aromatic carbocycles. The Morgan fingerprint density at radius 3 is 2.21 bits per heavy atom. The number of benzene rings is 1. The molecule has 0 aliphatic rings. The van der Waals surface area contributed by atoms with Crippen molar-refractivity contribution in [3.8, 4) is 0 Å². The molecule has 1 rings (SSSR count). The monoisotopic (exact) mass is 207 g/mol. The van der Waals surface area contributed by atoms with Crippen LogP contribution in [0.1, 0.15) is 29.8 Å². The Bertz CT molecular complexity index is 387. The van der Waals surface area contributed by atoms with Gasteiger partial charge in [0.15, 0.2) is 0 Å². The van der Waals surface area contributed by atoms with E-state index in [1.807, 2.05) is 13.8 Å². The maximum atomic E-state index is 10.8. The predicted octanol–water partition coefficient (Wildman–Crippen LogP) is 3.22. The van der Waals surface area contributed by atoms with E-state index in [9.17, 15) is 4.79 Å². The summed E-state index contributed by atoms with van der Waals surface area (Å²) in [6.07, 6.45) is 0. The lowest BCUT2D eigenvalue weighted by atomic mass is 9.95. The van der Waals surface area contributed by atoms with Crippen LogP contribution in [0.4, 0.5) is 0 Å². The van der Waals surface area contributed by atoms with Gasteiger partial charge in [-0.3, -0.25) is 4.79 Å². The van der Waals surface area contributed by atoms with Crippen LogP contribution in [0.15, 0.2) is 24.3 Å². The van der Waals surface area contributed by atoms with Gasteiger partial charge in [-0.15, -0.1) is 0 Å². The highest BCUT2D eigenvalue weighted by Gasteiger charge is 2.25. The van der Waals surface area contributed by atoms with Gasteiger partial charge in [0.1, 0.15) is 0 Å². The lowest BCUT2D eigenvalue weighted by Gasteiger charge is -2.11. The SMILES string of the molecule is [C-]#[N+]C(C)(C)c1ccc(C(=O)Cl)cc1. The van der Waals surface area contributed by atoms with Crippen molar-refractivity contribution in [3.63, 3.8) is 0 Å². The van der Waals surface area contributed by atoms with Crippen molar-refractivity contribution in [3.05, 3.63) is 46.8 Å². The molecule has 0 fully saturated rings. The summed E-state index contributed by atoms with van der Waals surface area (Å²) in [5.41, 5.74) is 0.791. The van der Waals surface area contributed by atoms with Crippen molar-refractivity contribution >= 4 is 16.8 Å². The van der Waals surface area contributed by atoms with Crippen LogP contribution in [-0.4, -0.2) is 5.24 Å². The fourth-order valence-corrected chi connectivity index (χ4v) is 1.20. The largest absolute Gasteiger partial charge is 0.306 e. The van der Waals surface area contributed by atoms with Gasteiger partial charge >= 0.3 is 0 Å². The number of halogens is 1. The van der Waals surface area contributed by atoms with Crippen LogP contribution in [0.3, 0.4) is 0 Å². The average molecular weight is 208 g/mol. The van der Waals surface area contributed by atoms with E-state index in [-0.39, 0.29) is 0 Å². The molecule has 0 saturated heterocycles. The van der Waals surface area contributed by atoms with E-state index in [0.29, 0.717) is 5.56 Å². The van der Waals surface area contributed by atoms with Crippen molar-refractivity contribution in [2.75, 3.05) is 0 Å². The normalized spacial score (nSPS) is 10.7. The molecule has 0 radical (unpaired) electrons. The van der Waals surface area contributed by atoms with E-state index in [1.165, 1.54) is 0 Å². The zero-order valence-electron chi connectivity index (χ0n) is 8.04. The van der Waals surface area contributed by atoms with Gasteiger partial charge in [0.25, 0.3) is 10.8 Å². The lowest BCUT2D eigenvalue weighted by molar-refractivity contribution is 0.108. The Balaban J connectivity index is 3.07. The van der Waals surface area contributed by atoms with Crippen molar-refractivity contribution in [2.24, 2.45) is 0 Å². The maximum Gasteiger partial charge on any atom is 0.252 e. The summed E-state index contributed by atoms with van der Waals surface area (Å²) in [6.45, 7) is 10.7. The van der Waals surface area contributed by atoms with Gasteiger partial charge in [0.2, 0.25) is 0 Å². The Labute approximate surface area is 88.3 Å². The Kier molecular flexibility index (Phi) is 2.93. The second kappa shape index (κ2) is 3.81. The summed E-state index contributed by atoms with van der Waals surface area (Å²) >= 11 is 5.30. The molecule has 0 aromatic heterocycles. The summed E-state index contributed by atoms with van der Waals surface area (Å²) in [5.74, 6) is 0. The van der Waals surface area contributed by atoms with E-state index >= 15 is 0 Å². The topological polar surface area (TPSA) is 21.4 Å². The highest BCUT2D eigenvalue weighted by molar-refractivity contribution is 6.67. The molecule has 72 valence electrons. The minimum absolute atomic E-state index is 0.455. The summed E-state index contributed by atoms with van der Waals surface area (Å²) in [5, 5.41) is -0.475. The second-order valence-electron chi connectivity index (χ2n) is 3.52. The van der Waals surface area contributed by atoms with E-state index in [0.717, 1.165) is 5.56 Å². The molecule has 2 nitrogen and oxygen atoms in total. The molecule has 0 unspecified atom stereocenters. The molecule has 0 aliphatic carbocycles. The molecule has 0 saturated carbocycles. The van der Waals surface area contributed by atoms with Gasteiger partial charge in [-0.2, -0.15) is 0 Å². The number of carbonyl (C=O) groups excluding carboxylic acids is 1. The summed E-state index contributed by atoms with van der Waals surface area (Å²) in [7, 11) is 0. The minimum Gasteiger partial charge on any atom is -0.306 e. The molecule has 0 N–H and O–H groups in total. The van der Waals surface area contributed by atoms with Gasteiger partial charge in [-0.1, -0.05) is 12.1 Å². The van der Waals surface area contributed by atoms with Crippen molar-refractivity contribution in [2.45, 2.75) is 19.4 Å². The second-order valence-corrected chi connectivity index (χ2v) is 3.87. The third-order valence-corrected chi connectivity index (χ3v) is 2.32. The standard InChI is InChI=1S/C11H10ClNO/c1-11(2,13-3)9-6-4-8(5-7-9)10(12)14/h4-7H,1-2H3. The van der Waals surface area contributed by atoms with Crippen LogP contribution < -0.4 is 0 Å². The van der Waals surface area contributed by atoms with Gasteiger partial charge in [0, 0.05) is 25.0 Å². The molecule has 14 heavy (non-hydrogen) atoms. The third kappa shape index (κ3) is 2.12. The first-order valence-electron chi connectivity index (χ1n) is 4.16. The minimum atomic E-state index is -0.548. The highest BCUT2D eigenvalue weighted by atomic mass is 35.5. The molecule has 1 aromatic rings.